The molecule has 1 aliphatic rings. The van der Waals surface area contributed by atoms with Crippen molar-refractivity contribution in [2.45, 2.75) is 38.6 Å². The number of anilines is 1. The Hall–Kier alpha value is -1.62. The van der Waals surface area contributed by atoms with Gasteiger partial charge in [-0.2, -0.15) is 5.10 Å². The number of aromatic nitrogens is 3. The summed E-state index contributed by atoms with van der Waals surface area (Å²) >= 11 is 0. The van der Waals surface area contributed by atoms with Crippen molar-refractivity contribution in [3.8, 4) is 0 Å². The van der Waals surface area contributed by atoms with Gasteiger partial charge in [-0.05, 0) is 38.3 Å². The standard InChI is InChI=1S/C15H23N5/c1-2-19(13-6-4-3-5-12(13)11-16)15-14-7-8-18-20(14)10-9-17-15/h7-10,12-13H,2-6,11,16H2,1H3. The molecule has 0 bridgehead atoms. The molecule has 0 saturated heterocycles. The van der Waals surface area contributed by atoms with E-state index in [4.69, 9.17) is 5.73 Å². The van der Waals surface area contributed by atoms with Crippen LogP contribution in [0.1, 0.15) is 32.6 Å². The summed E-state index contributed by atoms with van der Waals surface area (Å²) in [6, 6.07) is 2.54. The maximum Gasteiger partial charge on any atom is 0.154 e. The molecule has 2 atom stereocenters. The van der Waals surface area contributed by atoms with Gasteiger partial charge in [-0.25, -0.2) is 9.50 Å². The third kappa shape index (κ3) is 2.26. The first-order valence-electron chi connectivity index (χ1n) is 7.60. The second kappa shape index (κ2) is 5.79. The van der Waals surface area contributed by atoms with Crippen LogP contribution in [0.5, 0.6) is 0 Å². The first kappa shape index (κ1) is 13.4. The quantitative estimate of drug-likeness (QED) is 0.926. The highest BCUT2D eigenvalue weighted by molar-refractivity contribution is 5.68. The summed E-state index contributed by atoms with van der Waals surface area (Å²) < 4.78 is 1.89. The fraction of sp³-hybridized carbons (Fsp3) is 0.600. The van der Waals surface area contributed by atoms with E-state index in [0.29, 0.717) is 12.0 Å². The summed E-state index contributed by atoms with van der Waals surface area (Å²) in [6.45, 7) is 3.92. The van der Waals surface area contributed by atoms with E-state index >= 15 is 0 Å². The summed E-state index contributed by atoms with van der Waals surface area (Å²) in [7, 11) is 0. The summed E-state index contributed by atoms with van der Waals surface area (Å²) in [4.78, 5) is 7.04. The molecule has 2 heterocycles. The van der Waals surface area contributed by atoms with E-state index in [0.717, 1.165) is 24.4 Å². The molecule has 2 unspecified atom stereocenters. The van der Waals surface area contributed by atoms with E-state index in [-0.39, 0.29) is 0 Å². The first-order chi connectivity index (χ1) is 9.85. The van der Waals surface area contributed by atoms with Crippen molar-refractivity contribution < 1.29 is 0 Å². The van der Waals surface area contributed by atoms with Crippen molar-refractivity contribution in [2.24, 2.45) is 11.7 Å². The molecular formula is C15H23N5. The normalized spacial score (nSPS) is 23.1. The van der Waals surface area contributed by atoms with Gasteiger partial charge in [0.15, 0.2) is 5.82 Å². The zero-order valence-corrected chi connectivity index (χ0v) is 12.1. The van der Waals surface area contributed by atoms with E-state index in [2.05, 4.69) is 21.9 Å². The van der Waals surface area contributed by atoms with E-state index in [1.54, 1.807) is 0 Å². The van der Waals surface area contributed by atoms with Crippen LogP contribution in [0.15, 0.2) is 24.7 Å². The lowest BCUT2D eigenvalue weighted by atomic mass is 9.83. The summed E-state index contributed by atoms with van der Waals surface area (Å²) in [5, 5.41) is 4.31. The van der Waals surface area contributed by atoms with Gasteiger partial charge in [0.2, 0.25) is 0 Å². The smallest absolute Gasteiger partial charge is 0.154 e. The lowest BCUT2D eigenvalue weighted by Crippen LogP contribution is -2.45. The highest BCUT2D eigenvalue weighted by Gasteiger charge is 2.30. The largest absolute Gasteiger partial charge is 0.352 e. The molecule has 20 heavy (non-hydrogen) atoms. The summed E-state index contributed by atoms with van der Waals surface area (Å²) in [6.07, 6.45) is 10.6. The Morgan fingerprint density at radius 2 is 2.20 bits per heavy atom. The van der Waals surface area contributed by atoms with Gasteiger partial charge in [-0.3, -0.25) is 0 Å². The maximum atomic E-state index is 5.99. The Morgan fingerprint density at radius 3 is 3.00 bits per heavy atom. The van der Waals surface area contributed by atoms with E-state index in [1.807, 2.05) is 29.2 Å². The third-order valence-corrected chi connectivity index (χ3v) is 4.49. The molecule has 0 amide bonds. The predicted octanol–water partition coefficient (Wildman–Crippen LogP) is 2.07. The third-order valence-electron chi connectivity index (χ3n) is 4.49. The van der Waals surface area contributed by atoms with Crippen molar-refractivity contribution >= 4 is 11.3 Å². The first-order valence-corrected chi connectivity index (χ1v) is 7.60. The molecule has 0 aliphatic heterocycles. The van der Waals surface area contributed by atoms with Crippen LogP contribution >= 0.6 is 0 Å². The molecule has 3 rings (SSSR count). The van der Waals surface area contributed by atoms with Gasteiger partial charge in [-0.15, -0.1) is 0 Å². The zero-order valence-electron chi connectivity index (χ0n) is 12.1. The van der Waals surface area contributed by atoms with Crippen LogP contribution < -0.4 is 10.6 Å². The number of rotatable bonds is 4. The van der Waals surface area contributed by atoms with Crippen LogP contribution in [0.3, 0.4) is 0 Å². The molecule has 2 aromatic heterocycles. The predicted molar refractivity (Wildman–Crippen MR) is 80.8 cm³/mol. The number of fused-ring (bicyclic) bond motifs is 1. The number of nitrogens with zero attached hydrogens (tertiary/aromatic N) is 4. The topological polar surface area (TPSA) is 59.5 Å². The molecule has 1 fully saturated rings. The lowest BCUT2D eigenvalue weighted by Gasteiger charge is -2.40. The van der Waals surface area contributed by atoms with Gasteiger partial charge < -0.3 is 10.6 Å². The second-order valence-electron chi connectivity index (χ2n) is 5.55. The molecule has 2 N–H and O–H groups in total. The molecular weight excluding hydrogens is 250 g/mol. The van der Waals surface area contributed by atoms with Crippen molar-refractivity contribution in [3.05, 3.63) is 24.7 Å². The Kier molecular flexibility index (Phi) is 3.87. The minimum atomic E-state index is 0.507. The highest BCUT2D eigenvalue weighted by atomic mass is 15.3. The fourth-order valence-corrected chi connectivity index (χ4v) is 3.48. The Morgan fingerprint density at radius 1 is 1.35 bits per heavy atom. The molecule has 0 aromatic carbocycles. The second-order valence-corrected chi connectivity index (χ2v) is 5.55. The monoisotopic (exact) mass is 273 g/mol. The van der Waals surface area contributed by atoms with Gasteiger partial charge in [0, 0.05) is 25.0 Å². The Balaban J connectivity index is 1.98. The van der Waals surface area contributed by atoms with Crippen LogP contribution in [0.25, 0.3) is 5.52 Å². The average Bonchev–Trinajstić information content (AvgIpc) is 2.98. The SMILES string of the molecule is CCN(c1nccn2nccc12)C1CCCCC1CN. The van der Waals surface area contributed by atoms with E-state index < -0.39 is 0 Å². The molecule has 5 heteroatoms. The molecule has 0 radical (unpaired) electrons. The van der Waals surface area contributed by atoms with Crippen molar-refractivity contribution in [1.29, 1.82) is 0 Å². The Bertz CT molecular complexity index is 564. The van der Waals surface area contributed by atoms with E-state index in [9.17, 15) is 0 Å². The van der Waals surface area contributed by atoms with E-state index in [1.165, 1.54) is 25.7 Å². The van der Waals surface area contributed by atoms with Gasteiger partial charge in [-0.1, -0.05) is 12.8 Å². The van der Waals surface area contributed by atoms with Crippen molar-refractivity contribution in [1.82, 2.24) is 14.6 Å². The number of hydrogen-bond donors (Lipinski definition) is 1. The molecule has 2 aromatic rings. The molecule has 0 spiro atoms. The molecule has 1 aliphatic carbocycles. The zero-order chi connectivity index (χ0) is 13.9. The van der Waals surface area contributed by atoms with Gasteiger partial charge in [0.1, 0.15) is 5.52 Å². The van der Waals surface area contributed by atoms with Gasteiger partial charge in [0.05, 0.1) is 6.20 Å². The molecule has 108 valence electrons. The average molecular weight is 273 g/mol. The maximum absolute atomic E-state index is 5.99. The number of hydrogen-bond acceptors (Lipinski definition) is 4. The fourth-order valence-electron chi connectivity index (χ4n) is 3.48. The minimum absolute atomic E-state index is 0.507. The Labute approximate surface area is 119 Å². The van der Waals surface area contributed by atoms with Crippen LogP contribution in [-0.2, 0) is 0 Å². The number of nitrogens with two attached hydrogens (primary N) is 1. The van der Waals surface area contributed by atoms with Crippen LogP contribution in [0.4, 0.5) is 5.82 Å². The van der Waals surface area contributed by atoms with Gasteiger partial charge in [0.25, 0.3) is 0 Å². The van der Waals surface area contributed by atoms with Crippen LogP contribution in [-0.4, -0.2) is 33.7 Å². The summed E-state index contributed by atoms with van der Waals surface area (Å²) in [5.74, 6) is 1.62. The van der Waals surface area contributed by atoms with Crippen molar-refractivity contribution in [2.75, 3.05) is 18.0 Å². The highest BCUT2D eigenvalue weighted by Crippen LogP contribution is 2.31. The minimum Gasteiger partial charge on any atom is -0.352 e. The molecule has 1 saturated carbocycles. The lowest BCUT2D eigenvalue weighted by molar-refractivity contribution is 0.300. The molecule has 5 nitrogen and oxygen atoms in total. The van der Waals surface area contributed by atoms with Gasteiger partial charge >= 0.3 is 0 Å². The summed E-state index contributed by atoms with van der Waals surface area (Å²) in [5.41, 5.74) is 7.07. The van der Waals surface area contributed by atoms with Crippen molar-refractivity contribution in [3.63, 3.8) is 0 Å². The van der Waals surface area contributed by atoms with Crippen LogP contribution in [0, 0.1) is 5.92 Å². The van der Waals surface area contributed by atoms with Crippen LogP contribution in [0.2, 0.25) is 0 Å².